The molecule has 1 atom stereocenters. The SMILES string of the molecule is C=C(C)C(=O)O.CCOC(O)COCCOCCOCCOCCO. The largest absolute Gasteiger partial charge is 0.478 e. The van der Waals surface area contributed by atoms with Crippen LogP contribution in [0, 0.1) is 0 Å². The van der Waals surface area contributed by atoms with Gasteiger partial charge in [0.05, 0.1) is 59.5 Å². The molecule has 0 aromatic rings. The summed E-state index contributed by atoms with van der Waals surface area (Å²) in [6.07, 6.45) is -0.868. The molecule has 0 fully saturated rings. The molecule has 9 nitrogen and oxygen atoms in total. The van der Waals surface area contributed by atoms with E-state index in [1.54, 1.807) is 6.92 Å². The van der Waals surface area contributed by atoms with Crippen molar-refractivity contribution >= 4 is 5.97 Å². The van der Waals surface area contributed by atoms with Gasteiger partial charge in [0.25, 0.3) is 0 Å². The zero-order chi connectivity index (χ0) is 19.3. The number of ether oxygens (including phenoxy) is 5. The lowest BCUT2D eigenvalue weighted by atomic mass is 10.4. The highest BCUT2D eigenvalue weighted by Crippen LogP contribution is 1.88. The lowest BCUT2D eigenvalue weighted by Crippen LogP contribution is -2.20. The average Bonchev–Trinajstić information content (AvgIpc) is 2.56. The highest BCUT2D eigenvalue weighted by Gasteiger charge is 2.01. The predicted octanol–water partition coefficient (Wildman–Crippen LogP) is 0.0471. The van der Waals surface area contributed by atoms with Crippen molar-refractivity contribution in [2.24, 2.45) is 0 Å². The van der Waals surface area contributed by atoms with Crippen molar-refractivity contribution in [2.45, 2.75) is 20.1 Å². The Kier molecular flexibility index (Phi) is 21.9. The molecular formula is C16H32O9. The Hall–Kier alpha value is -1.07. The van der Waals surface area contributed by atoms with Crippen LogP contribution in [-0.4, -0.2) is 93.6 Å². The molecule has 0 bridgehead atoms. The van der Waals surface area contributed by atoms with E-state index in [0.29, 0.717) is 52.9 Å². The maximum absolute atomic E-state index is 9.60. The summed E-state index contributed by atoms with van der Waals surface area (Å²) in [5.74, 6) is -0.935. The molecule has 0 saturated carbocycles. The number of aliphatic hydroxyl groups is 2. The molecule has 0 rings (SSSR count). The van der Waals surface area contributed by atoms with Crippen molar-refractivity contribution in [3.05, 3.63) is 12.2 Å². The summed E-state index contributed by atoms with van der Waals surface area (Å²) in [5, 5.41) is 25.5. The van der Waals surface area contributed by atoms with Crippen LogP contribution in [0.15, 0.2) is 12.2 Å². The second-order valence-corrected chi connectivity index (χ2v) is 4.63. The number of carbonyl (C=O) groups is 1. The number of hydrogen-bond acceptors (Lipinski definition) is 8. The van der Waals surface area contributed by atoms with Gasteiger partial charge < -0.3 is 39.0 Å². The molecule has 0 aliphatic heterocycles. The number of carboxylic acids is 1. The molecule has 0 aliphatic carbocycles. The number of aliphatic hydroxyl groups excluding tert-OH is 2. The lowest BCUT2D eigenvalue weighted by Gasteiger charge is -2.11. The Morgan fingerprint density at radius 2 is 1.36 bits per heavy atom. The fourth-order valence-electron chi connectivity index (χ4n) is 1.15. The highest BCUT2D eigenvalue weighted by atomic mass is 16.6. The summed E-state index contributed by atoms with van der Waals surface area (Å²) in [4.78, 5) is 9.60. The fraction of sp³-hybridized carbons (Fsp3) is 0.812. The van der Waals surface area contributed by atoms with Crippen molar-refractivity contribution in [2.75, 3.05) is 66.1 Å². The Morgan fingerprint density at radius 3 is 1.72 bits per heavy atom. The van der Waals surface area contributed by atoms with E-state index in [0.717, 1.165) is 0 Å². The van der Waals surface area contributed by atoms with Crippen molar-refractivity contribution in [3.63, 3.8) is 0 Å². The standard InChI is InChI=1S/C12H26O7.C4H6O2/c1-2-19-12(14)11-18-10-9-17-8-7-16-6-5-15-4-3-13;1-3(2)4(5)6/h12-14H,2-11H2,1H3;1H2,2H3,(H,5,6). The van der Waals surface area contributed by atoms with Gasteiger partial charge in [-0.25, -0.2) is 4.79 Å². The van der Waals surface area contributed by atoms with Crippen LogP contribution in [-0.2, 0) is 28.5 Å². The number of rotatable bonds is 16. The minimum absolute atomic E-state index is 0.0289. The van der Waals surface area contributed by atoms with Crippen LogP contribution < -0.4 is 0 Å². The van der Waals surface area contributed by atoms with Crippen molar-refractivity contribution in [1.82, 2.24) is 0 Å². The zero-order valence-corrected chi connectivity index (χ0v) is 15.1. The molecule has 25 heavy (non-hydrogen) atoms. The second kappa shape index (κ2) is 21.0. The molecule has 150 valence electrons. The first-order chi connectivity index (χ1) is 12.0. The number of carboxylic acid groups (broad SMARTS) is 1. The van der Waals surface area contributed by atoms with Gasteiger partial charge in [-0.15, -0.1) is 0 Å². The van der Waals surface area contributed by atoms with E-state index >= 15 is 0 Å². The second-order valence-electron chi connectivity index (χ2n) is 4.63. The maximum atomic E-state index is 9.60. The molecule has 0 aliphatic rings. The minimum Gasteiger partial charge on any atom is -0.478 e. The van der Waals surface area contributed by atoms with E-state index in [2.05, 4.69) is 6.58 Å². The first-order valence-electron chi connectivity index (χ1n) is 8.05. The van der Waals surface area contributed by atoms with Gasteiger partial charge in [-0.2, -0.15) is 0 Å². The summed E-state index contributed by atoms with van der Waals surface area (Å²) >= 11 is 0. The molecule has 0 spiro atoms. The molecule has 1 unspecified atom stereocenters. The van der Waals surface area contributed by atoms with Gasteiger partial charge >= 0.3 is 5.97 Å². The summed E-state index contributed by atoms with van der Waals surface area (Å²) in [6, 6.07) is 0. The molecule has 0 amide bonds. The third-order valence-corrected chi connectivity index (χ3v) is 2.34. The normalized spacial score (nSPS) is 11.5. The van der Waals surface area contributed by atoms with Crippen LogP contribution >= 0.6 is 0 Å². The Morgan fingerprint density at radius 1 is 0.960 bits per heavy atom. The van der Waals surface area contributed by atoms with Crippen molar-refractivity contribution in [3.8, 4) is 0 Å². The number of hydrogen-bond donors (Lipinski definition) is 3. The summed E-state index contributed by atoms with van der Waals surface area (Å²) in [6.45, 7) is 10.2. The van der Waals surface area contributed by atoms with Crippen LogP contribution in [0.5, 0.6) is 0 Å². The van der Waals surface area contributed by atoms with E-state index in [-0.39, 0.29) is 18.8 Å². The molecule has 0 aromatic heterocycles. The topological polar surface area (TPSA) is 124 Å². The Balaban J connectivity index is 0. The summed E-state index contributed by atoms with van der Waals surface area (Å²) in [7, 11) is 0. The lowest BCUT2D eigenvalue weighted by molar-refractivity contribution is -0.138. The van der Waals surface area contributed by atoms with Crippen LogP contribution in [0.25, 0.3) is 0 Å². The average molecular weight is 368 g/mol. The number of aliphatic carboxylic acids is 1. The Bertz CT molecular complexity index is 298. The van der Waals surface area contributed by atoms with E-state index in [9.17, 15) is 9.90 Å². The molecule has 0 saturated heterocycles. The molecule has 0 aromatic carbocycles. The molecule has 3 N–H and O–H groups in total. The van der Waals surface area contributed by atoms with Crippen LogP contribution in [0.3, 0.4) is 0 Å². The van der Waals surface area contributed by atoms with E-state index in [1.165, 1.54) is 6.92 Å². The van der Waals surface area contributed by atoms with Crippen LogP contribution in [0.4, 0.5) is 0 Å². The first kappa shape index (κ1) is 26.2. The first-order valence-corrected chi connectivity index (χ1v) is 8.05. The van der Waals surface area contributed by atoms with Gasteiger partial charge in [-0.05, 0) is 13.8 Å². The third kappa shape index (κ3) is 25.3. The van der Waals surface area contributed by atoms with Crippen molar-refractivity contribution in [1.29, 1.82) is 0 Å². The van der Waals surface area contributed by atoms with E-state index in [1.807, 2.05) is 0 Å². The summed E-state index contributed by atoms with van der Waals surface area (Å²) in [5.41, 5.74) is 0.176. The smallest absolute Gasteiger partial charge is 0.330 e. The fourth-order valence-corrected chi connectivity index (χ4v) is 1.15. The zero-order valence-electron chi connectivity index (χ0n) is 15.1. The Labute approximate surface area is 149 Å². The molecule has 0 heterocycles. The minimum atomic E-state index is -0.935. The maximum Gasteiger partial charge on any atom is 0.330 e. The van der Waals surface area contributed by atoms with Gasteiger partial charge in [0.2, 0.25) is 0 Å². The van der Waals surface area contributed by atoms with E-state index < -0.39 is 12.3 Å². The highest BCUT2D eigenvalue weighted by molar-refractivity contribution is 5.84. The molecule has 0 radical (unpaired) electrons. The van der Waals surface area contributed by atoms with Gasteiger partial charge in [0.1, 0.15) is 0 Å². The third-order valence-electron chi connectivity index (χ3n) is 2.34. The van der Waals surface area contributed by atoms with Crippen molar-refractivity contribution < 1.29 is 43.8 Å². The van der Waals surface area contributed by atoms with Crippen LogP contribution in [0.1, 0.15) is 13.8 Å². The van der Waals surface area contributed by atoms with E-state index in [4.69, 9.17) is 33.9 Å². The van der Waals surface area contributed by atoms with Gasteiger partial charge in [0, 0.05) is 12.2 Å². The monoisotopic (exact) mass is 368 g/mol. The quantitative estimate of drug-likeness (QED) is 0.197. The van der Waals surface area contributed by atoms with Gasteiger partial charge in [-0.1, -0.05) is 6.58 Å². The molecule has 9 heteroatoms. The van der Waals surface area contributed by atoms with Crippen LogP contribution in [0.2, 0.25) is 0 Å². The molecular weight excluding hydrogens is 336 g/mol. The van der Waals surface area contributed by atoms with Gasteiger partial charge in [-0.3, -0.25) is 0 Å². The predicted molar refractivity (Wildman–Crippen MR) is 90.4 cm³/mol. The van der Waals surface area contributed by atoms with Gasteiger partial charge in [0.15, 0.2) is 6.29 Å². The summed E-state index contributed by atoms with van der Waals surface area (Å²) < 4.78 is 25.5.